The Morgan fingerprint density at radius 1 is 1.14 bits per heavy atom. The summed E-state index contributed by atoms with van der Waals surface area (Å²) in [6, 6.07) is 9.35. The third kappa shape index (κ3) is 5.86. The Balaban J connectivity index is 1.26. The first-order valence-corrected chi connectivity index (χ1v) is 12.0. The van der Waals surface area contributed by atoms with Crippen molar-refractivity contribution in [3.63, 3.8) is 0 Å². The normalized spacial score (nSPS) is 16.6. The smallest absolute Gasteiger partial charge is 0.405 e. The van der Waals surface area contributed by atoms with E-state index in [-0.39, 0.29) is 29.9 Å². The number of hydrogen-bond donors (Lipinski definition) is 2. The molecule has 5 rings (SSSR count). The Hall–Kier alpha value is -3.64. The molecule has 12 heteroatoms. The number of carbonyl (C=O) groups excluding carboxylic acids is 1. The van der Waals surface area contributed by atoms with Gasteiger partial charge < -0.3 is 18.9 Å². The van der Waals surface area contributed by atoms with Crippen LogP contribution in [0.2, 0.25) is 0 Å². The van der Waals surface area contributed by atoms with Crippen molar-refractivity contribution in [1.29, 1.82) is 0 Å². The predicted octanol–water partition coefficient (Wildman–Crippen LogP) is 4.30. The van der Waals surface area contributed by atoms with Crippen LogP contribution in [0, 0.1) is 0 Å². The summed E-state index contributed by atoms with van der Waals surface area (Å²) in [4.78, 5) is 18.1. The molecule has 1 aliphatic carbocycles. The molecule has 1 amide bonds. The molecule has 1 aliphatic heterocycles. The lowest BCUT2D eigenvalue weighted by Crippen LogP contribution is -2.37. The maximum atomic E-state index is 13.0. The van der Waals surface area contributed by atoms with Crippen LogP contribution in [0.15, 0.2) is 47.1 Å². The second kappa shape index (κ2) is 10.4. The number of nitrogens with zero attached hydrogens (tertiary/aromatic N) is 3. The number of aromatic nitrogens is 2. The fraction of sp³-hybridized carbons (Fsp3) is 0.400. The molecule has 1 aromatic carbocycles. The van der Waals surface area contributed by atoms with Gasteiger partial charge in [-0.3, -0.25) is 10.2 Å². The molecule has 2 aromatic heterocycles. The van der Waals surface area contributed by atoms with Crippen LogP contribution >= 0.6 is 0 Å². The monoisotopic (exact) mass is 517 g/mol. The minimum atomic E-state index is -4.82. The van der Waals surface area contributed by atoms with Gasteiger partial charge >= 0.3 is 6.36 Å². The van der Waals surface area contributed by atoms with Crippen LogP contribution < -0.4 is 20.9 Å². The van der Waals surface area contributed by atoms with Gasteiger partial charge in [-0.2, -0.15) is 0 Å². The number of halogens is 3. The van der Waals surface area contributed by atoms with Crippen molar-refractivity contribution in [1.82, 2.24) is 15.6 Å². The van der Waals surface area contributed by atoms with Crippen LogP contribution in [-0.2, 0) is 11.3 Å². The number of ether oxygens (including phenoxy) is 2. The number of anilines is 1. The van der Waals surface area contributed by atoms with E-state index in [4.69, 9.17) is 15.1 Å². The molecule has 2 fully saturated rings. The van der Waals surface area contributed by atoms with Crippen LogP contribution in [0.5, 0.6) is 5.75 Å². The molecule has 0 spiro atoms. The highest BCUT2D eigenvalue weighted by molar-refractivity contribution is 5.93. The summed E-state index contributed by atoms with van der Waals surface area (Å²) >= 11 is 0. The largest absolute Gasteiger partial charge is 0.573 e. The number of hydrogen-bond acceptors (Lipinski definition) is 8. The molecular formula is C25H26F3N5O4. The molecule has 2 aliphatic rings. The molecule has 3 heterocycles. The number of hydrazine groups is 1. The fourth-order valence-electron chi connectivity index (χ4n) is 4.46. The number of nitrogens with two attached hydrogens (primary N) is 1. The minimum absolute atomic E-state index is 0.0463. The van der Waals surface area contributed by atoms with Crippen molar-refractivity contribution >= 4 is 11.7 Å². The Morgan fingerprint density at radius 3 is 2.54 bits per heavy atom. The topological polar surface area (TPSA) is 116 Å². The molecule has 0 atom stereocenters. The van der Waals surface area contributed by atoms with Crippen LogP contribution in [-0.4, -0.2) is 41.6 Å². The molecule has 0 radical (unpaired) electrons. The maximum absolute atomic E-state index is 13.0. The number of alkyl halides is 3. The van der Waals surface area contributed by atoms with E-state index in [1.807, 2.05) is 0 Å². The summed E-state index contributed by atoms with van der Waals surface area (Å²) in [5, 5.41) is 4.12. The van der Waals surface area contributed by atoms with Crippen molar-refractivity contribution in [2.24, 2.45) is 5.84 Å². The molecule has 37 heavy (non-hydrogen) atoms. The van der Waals surface area contributed by atoms with E-state index in [2.05, 4.69) is 25.2 Å². The van der Waals surface area contributed by atoms with E-state index in [1.165, 1.54) is 24.4 Å². The second-order valence-electron chi connectivity index (χ2n) is 9.07. The molecule has 196 valence electrons. The third-order valence-corrected chi connectivity index (χ3v) is 6.51. The number of amides is 1. The van der Waals surface area contributed by atoms with Gasteiger partial charge in [0.2, 0.25) is 0 Å². The molecule has 0 unspecified atom stereocenters. The number of nitrogen functional groups attached to an aromatic ring is 1. The summed E-state index contributed by atoms with van der Waals surface area (Å²) in [6.45, 7) is 1.58. The molecule has 0 bridgehead atoms. The van der Waals surface area contributed by atoms with Gasteiger partial charge in [-0.15, -0.1) is 13.2 Å². The Kier molecular flexibility index (Phi) is 7.02. The average Bonchev–Trinajstić information content (AvgIpc) is 3.66. The van der Waals surface area contributed by atoms with Gasteiger partial charge in [0.15, 0.2) is 0 Å². The van der Waals surface area contributed by atoms with Crippen LogP contribution in [0.3, 0.4) is 0 Å². The van der Waals surface area contributed by atoms with E-state index < -0.39 is 12.3 Å². The molecule has 3 N–H and O–H groups in total. The zero-order valence-corrected chi connectivity index (χ0v) is 19.8. The SMILES string of the molecule is NNC(=O)c1ccc(N2CCC(OCc3c(-c4ccccc4OC(F)(F)F)noc3C3CC3)CC2)nc1. The fourth-order valence-corrected chi connectivity index (χ4v) is 4.46. The zero-order valence-electron chi connectivity index (χ0n) is 19.8. The first kappa shape index (κ1) is 25.0. The number of para-hydroxylation sites is 1. The Bertz CT molecular complexity index is 1240. The molecule has 3 aromatic rings. The van der Waals surface area contributed by atoms with Crippen LogP contribution in [0.4, 0.5) is 19.0 Å². The van der Waals surface area contributed by atoms with Gasteiger partial charge in [-0.1, -0.05) is 17.3 Å². The number of nitrogens with one attached hydrogen (secondary N) is 1. The highest BCUT2D eigenvalue weighted by Crippen LogP contribution is 2.45. The number of rotatable bonds is 8. The van der Waals surface area contributed by atoms with E-state index in [0.29, 0.717) is 35.7 Å². The third-order valence-electron chi connectivity index (χ3n) is 6.51. The van der Waals surface area contributed by atoms with E-state index >= 15 is 0 Å². The van der Waals surface area contributed by atoms with Crippen molar-refractivity contribution in [2.75, 3.05) is 18.0 Å². The summed E-state index contributed by atoms with van der Waals surface area (Å²) in [7, 11) is 0. The highest BCUT2D eigenvalue weighted by atomic mass is 19.4. The van der Waals surface area contributed by atoms with Crippen molar-refractivity contribution in [3.05, 3.63) is 59.5 Å². The van der Waals surface area contributed by atoms with Gasteiger partial charge in [0.25, 0.3) is 5.91 Å². The molecule has 1 saturated heterocycles. The molecular weight excluding hydrogens is 491 g/mol. The summed E-state index contributed by atoms with van der Waals surface area (Å²) in [6.07, 6.45) is -0.0307. The predicted molar refractivity (Wildman–Crippen MR) is 127 cm³/mol. The van der Waals surface area contributed by atoms with Gasteiger partial charge in [0.1, 0.15) is 23.0 Å². The number of benzene rings is 1. The maximum Gasteiger partial charge on any atom is 0.573 e. The number of carbonyl (C=O) groups is 1. The zero-order chi connectivity index (χ0) is 26.0. The lowest BCUT2D eigenvalue weighted by molar-refractivity contribution is -0.274. The Labute approximate surface area is 210 Å². The average molecular weight is 518 g/mol. The number of pyridine rings is 1. The van der Waals surface area contributed by atoms with Crippen LogP contribution in [0.1, 0.15) is 53.3 Å². The quantitative estimate of drug-likeness (QED) is 0.258. The summed E-state index contributed by atoms with van der Waals surface area (Å²) < 4.78 is 55.0. The molecule has 9 nitrogen and oxygen atoms in total. The Morgan fingerprint density at radius 2 is 1.89 bits per heavy atom. The van der Waals surface area contributed by atoms with Gasteiger partial charge in [0.05, 0.1) is 18.3 Å². The highest BCUT2D eigenvalue weighted by Gasteiger charge is 2.36. The van der Waals surface area contributed by atoms with E-state index in [9.17, 15) is 18.0 Å². The van der Waals surface area contributed by atoms with Crippen molar-refractivity contribution in [2.45, 2.75) is 50.7 Å². The first-order valence-electron chi connectivity index (χ1n) is 12.0. The lowest BCUT2D eigenvalue weighted by Gasteiger charge is -2.32. The first-order chi connectivity index (χ1) is 17.8. The summed E-state index contributed by atoms with van der Waals surface area (Å²) in [5.74, 6) is 6.04. The lowest BCUT2D eigenvalue weighted by atomic mass is 10.0. The van der Waals surface area contributed by atoms with E-state index in [1.54, 1.807) is 18.2 Å². The van der Waals surface area contributed by atoms with Crippen LogP contribution in [0.25, 0.3) is 11.3 Å². The second-order valence-corrected chi connectivity index (χ2v) is 9.07. The minimum Gasteiger partial charge on any atom is -0.405 e. The van der Waals surface area contributed by atoms with Gasteiger partial charge in [-0.05, 0) is 49.9 Å². The van der Waals surface area contributed by atoms with E-state index in [0.717, 1.165) is 31.5 Å². The van der Waals surface area contributed by atoms with Crippen molar-refractivity contribution < 1.29 is 32.0 Å². The van der Waals surface area contributed by atoms with Gasteiger partial charge in [0, 0.05) is 36.3 Å². The standard InChI is InChI=1S/C25H26F3N5O4/c26-25(27,28)36-20-4-2-1-3-18(20)22-19(23(37-32-22)15-5-6-15)14-35-17-9-11-33(12-10-17)21-8-7-16(13-30-21)24(34)31-29/h1-4,7-8,13,15,17H,5-6,9-12,14,29H2,(H,31,34). The molecule has 1 saturated carbocycles. The number of piperidine rings is 1. The van der Waals surface area contributed by atoms with Gasteiger partial charge in [-0.25, -0.2) is 10.8 Å². The summed E-state index contributed by atoms with van der Waals surface area (Å²) in [5.41, 5.74) is 3.64. The van der Waals surface area contributed by atoms with Crippen molar-refractivity contribution in [3.8, 4) is 17.0 Å².